The van der Waals surface area contributed by atoms with Gasteiger partial charge in [0, 0.05) is 11.8 Å². The van der Waals surface area contributed by atoms with Crippen LogP contribution in [0.5, 0.6) is 0 Å². The van der Waals surface area contributed by atoms with Crippen molar-refractivity contribution in [3.05, 3.63) is 42.5 Å². The van der Waals surface area contributed by atoms with E-state index in [4.69, 9.17) is 0 Å². The van der Waals surface area contributed by atoms with Gasteiger partial charge in [0.1, 0.15) is 6.04 Å². The topological polar surface area (TPSA) is 28.0 Å². The number of para-hydroxylation sites is 1. The summed E-state index contributed by atoms with van der Waals surface area (Å²) in [6, 6.07) is 11.2. The first-order valence-electron chi connectivity index (χ1n) is 5.87. The first-order valence-corrected chi connectivity index (χ1v) is 5.87. The van der Waals surface area contributed by atoms with Crippen molar-refractivity contribution in [2.75, 3.05) is 5.01 Å². The van der Waals surface area contributed by atoms with Crippen LogP contribution in [0.3, 0.4) is 0 Å². The first kappa shape index (κ1) is 8.50. The summed E-state index contributed by atoms with van der Waals surface area (Å²) in [4.78, 5) is 0. The molecule has 1 aromatic carbocycles. The maximum atomic E-state index is 4.44. The smallest absolute Gasteiger partial charge is 0.102 e. The molecular weight excluding hydrogens is 198 g/mol. The van der Waals surface area contributed by atoms with E-state index < -0.39 is 0 Å². The first-order chi connectivity index (χ1) is 7.93. The zero-order valence-corrected chi connectivity index (χ0v) is 8.90. The van der Waals surface area contributed by atoms with Gasteiger partial charge >= 0.3 is 0 Å². The Morgan fingerprint density at radius 2 is 1.88 bits per heavy atom. The van der Waals surface area contributed by atoms with Gasteiger partial charge in [-0.05, 0) is 18.6 Å². The van der Waals surface area contributed by atoms with E-state index in [9.17, 15) is 0 Å². The Labute approximate surface area is 94.5 Å². The molecule has 2 bridgehead atoms. The molecule has 1 fully saturated rings. The van der Waals surface area contributed by atoms with Gasteiger partial charge in [0.15, 0.2) is 0 Å². The number of nitrogens with zero attached hydrogens (tertiary/aromatic N) is 3. The highest BCUT2D eigenvalue weighted by atomic mass is 15.6. The molecule has 2 aliphatic carbocycles. The summed E-state index contributed by atoms with van der Waals surface area (Å²) < 4.78 is 0. The maximum absolute atomic E-state index is 4.44. The van der Waals surface area contributed by atoms with Crippen molar-refractivity contribution in [1.82, 2.24) is 0 Å². The SMILES string of the molecule is C1=C[C@H]2C[C@@H]1C1N=NN(c3ccccc3)C12. The number of benzene rings is 1. The predicted molar refractivity (Wildman–Crippen MR) is 62.1 cm³/mol. The molecule has 1 aromatic rings. The van der Waals surface area contributed by atoms with Crippen molar-refractivity contribution in [3.63, 3.8) is 0 Å². The fourth-order valence-corrected chi connectivity index (χ4v) is 3.23. The van der Waals surface area contributed by atoms with E-state index in [0.29, 0.717) is 23.9 Å². The molecule has 1 aliphatic heterocycles. The summed E-state index contributed by atoms with van der Waals surface area (Å²) >= 11 is 0. The average molecular weight is 211 g/mol. The van der Waals surface area contributed by atoms with E-state index in [2.05, 4.69) is 51.8 Å². The maximum Gasteiger partial charge on any atom is 0.102 e. The molecule has 0 saturated heterocycles. The molecule has 0 aromatic heterocycles. The molecule has 4 rings (SSSR count). The third-order valence-electron chi connectivity index (χ3n) is 3.96. The quantitative estimate of drug-likeness (QED) is 0.656. The van der Waals surface area contributed by atoms with Crippen LogP contribution < -0.4 is 5.01 Å². The lowest BCUT2D eigenvalue weighted by Crippen LogP contribution is -2.37. The Kier molecular flexibility index (Phi) is 1.56. The van der Waals surface area contributed by atoms with Crippen LogP contribution in [0.4, 0.5) is 5.69 Å². The summed E-state index contributed by atoms with van der Waals surface area (Å²) in [5, 5.41) is 10.9. The summed E-state index contributed by atoms with van der Waals surface area (Å²) in [7, 11) is 0. The van der Waals surface area contributed by atoms with Gasteiger partial charge in [-0.15, -0.1) is 0 Å². The summed E-state index contributed by atoms with van der Waals surface area (Å²) in [6.07, 6.45) is 5.93. The fraction of sp³-hybridized carbons (Fsp3) is 0.385. The number of anilines is 1. The molecule has 0 N–H and O–H groups in total. The minimum absolute atomic E-state index is 0.398. The van der Waals surface area contributed by atoms with Gasteiger partial charge in [-0.1, -0.05) is 35.6 Å². The van der Waals surface area contributed by atoms with Gasteiger partial charge in [0.25, 0.3) is 0 Å². The van der Waals surface area contributed by atoms with Crippen LogP contribution in [-0.4, -0.2) is 12.1 Å². The summed E-state index contributed by atoms with van der Waals surface area (Å²) in [5.74, 6) is 1.28. The normalized spacial score (nSPS) is 38.4. The molecule has 0 amide bonds. The Hall–Kier alpha value is -1.64. The average Bonchev–Trinajstić information content (AvgIpc) is 3.03. The number of hydrogen-bond donors (Lipinski definition) is 0. The standard InChI is InChI=1S/C13H13N3/c1-2-4-11(5-3-1)16-13-10-7-6-9(8-10)12(13)14-15-16/h1-7,9-10,12-13H,8H2/t9-,10+,12?,13?/m1/s1. The minimum Gasteiger partial charge on any atom is -0.241 e. The third kappa shape index (κ3) is 0.979. The van der Waals surface area contributed by atoms with Crippen molar-refractivity contribution in [3.8, 4) is 0 Å². The highest BCUT2D eigenvalue weighted by Crippen LogP contribution is 2.47. The molecular formula is C13H13N3. The van der Waals surface area contributed by atoms with Crippen molar-refractivity contribution in [2.24, 2.45) is 22.2 Å². The lowest BCUT2D eigenvalue weighted by Gasteiger charge is -2.26. The molecule has 80 valence electrons. The summed E-state index contributed by atoms with van der Waals surface area (Å²) in [5.41, 5.74) is 1.17. The van der Waals surface area contributed by atoms with Crippen molar-refractivity contribution in [1.29, 1.82) is 0 Å². The molecule has 0 radical (unpaired) electrons. The van der Waals surface area contributed by atoms with E-state index >= 15 is 0 Å². The molecule has 3 aliphatic rings. The number of fused-ring (bicyclic) bond motifs is 5. The van der Waals surface area contributed by atoms with Crippen LogP contribution in [0.25, 0.3) is 0 Å². The molecule has 3 nitrogen and oxygen atoms in total. The minimum atomic E-state index is 0.398. The Bertz CT molecular complexity index is 465. The van der Waals surface area contributed by atoms with E-state index in [-0.39, 0.29) is 0 Å². The van der Waals surface area contributed by atoms with Crippen LogP contribution in [-0.2, 0) is 0 Å². The van der Waals surface area contributed by atoms with E-state index in [1.165, 1.54) is 12.1 Å². The second-order valence-electron chi connectivity index (χ2n) is 4.81. The van der Waals surface area contributed by atoms with Crippen LogP contribution >= 0.6 is 0 Å². The second kappa shape index (κ2) is 2.94. The fourth-order valence-electron chi connectivity index (χ4n) is 3.23. The van der Waals surface area contributed by atoms with Gasteiger partial charge in [-0.3, -0.25) is 0 Å². The van der Waals surface area contributed by atoms with Crippen LogP contribution in [0.15, 0.2) is 52.8 Å². The molecule has 1 heterocycles. The van der Waals surface area contributed by atoms with E-state index in [0.717, 1.165) is 0 Å². The van der Waals surface area contributed by atoms with Crippen molar-refractivity contribution >= 4 is 5.69 Å². The van der Waals surface area contributed by atoms with Crippen LogP contribution in [0.2, 0.25) is 0 Å². The van der Waals surface area contributed by atoms with Gasteiger partial charge in [0.05, 0.1) is 11.7 Å². The van der Waals surface area contributed by atoms with E-state index in [1.54, 1.807) is 0 Å². The largest absolute Gasteiger partial charge is 0.241 e. The molecule has 16 heavy (non-hydrogen) atoms. The van der Waals surface area contributed by atoms with Crippen molar-refractivity contribution in [2.45, 2.75) is 18.5 Å². The summed E-state index contributed by atoms with van der Waals surface area (Å²) in [6.45, 7) is 0. The number of hydrogen-bond acceptors (Lipinski definition) is 3. The van der Waals surface area contributed by atoms with Crippen molar-refractivity contribution < 1.29 is 0 Å². The van der Waals surface area contributed by atoms with Gasteiger partial charge in [-0.25, -0.2) is 5.01 Å². The third-order valence-corrected chi connectivity index (χ3v) is 3.96. The monoisotopic (exact) mass is 211 g/mol. The second-order valence-corrected chi connectivity index (χ2v) is 4.81. The van der Waals surface area contributed by atoms with Crippen LogP contribution in [0.1, 0.15) is 6.42 Å². The lowest BCUT2D eigenvalue weighted by atomic mass is 9.96. The Morgan fingerprint density at radius 1 is 1.06 bits per heavy atom. The highest BCUT2D eigenvalue weighted by Gasteiger charge is 2.51. The number of rotatable bonds is 1. The Balaban J connectivity index is 1.73. The molecule has 4 atom stereocenters. The van der Waals surface area contributed by atoms with Crippen LogP contribution in [0, 0.1) is 11.8 Å². The van der Waals surface area contributed by atoms with Gasteiger partial charge in [-0.2, -0.15) is 5.11 Å². The molecule has 3 heteroatoms. The van der Waals surface area contributed by atoms with Gasteiger partial charge < -0.3 is 0 Å². The molecule has 2 unspecified atom stereocenters. The molecule has 1 saturated carbocycles. The predicted octanol–water partition coefficient (Wildman–Crippen LogP) is 2.82. The van der Waals surface area contributed by atoms with E-state index in [1.807, 2.05) is 6.07 Å². The highest BCUT2D eigenvalue weighted by molar-refractivity contribution is 5.49. The Morgan fingerprint density at radius 3 is 2.75 bits per heavy atom. The zero-order valence-electron chi connectivity index (χ0n) is 8.90. The zero-order chi connectivity index (χ0) is 10.5. The lowest BCUT2D eigenvalue weighted by molar-refractivity contribution is 0.525. The molecule has 0 spiro atoms. The van der Waals surface area contributed by atoms with Gasteiger partial charge in [0.2, 0.25) is 0 Å².